The Morgan fingerprint density at radius 1 is 1.08 bits per heavy atom. The Morgan fingerprint density at radius 2 is 1.92 bits per heavy atom. The molecule has 5 rings (SSSR count). The van der Waals surface area contributed by atoms with Crippen LogP contribution in [-0.4, -0.2) is 20.2 Å². The molecule has 2 atom stereocenters. The van der Waals surface area contributed by atoms with Gasteiger partial charge in [0.1, 0.15) is 5.75 Å². The first-order valence-corrected chi connectivity index (χ1v) is 8.87. The highest BCUT2D eigenvalue weighted by atomic mass is 32.2. The van der Waals surface area contributed by atoms with E-state index >= 15 is 0 Å². The number of hydrogen-bond donors (Lipinski definition) is 0. The number of ether oxygens (including phenoxy) is 1. The third kappa shape index (κ3) is 1.97. The maximum absolute atomic E-state index is 11.1. The van der Waals surface area contributed by atoms with Crippen molar-refractivity contribution in [3.05, 3.63) is 82.5 Å². The van der Waals surface area contributed by atoms with E-state index in [4.69, 9.17) is 4.74 Å². The molecular weight excluding hydrogens is 336 g/mol. The first-order chi connectivity index (χ1) is 12.2. The second-order valence-electron chi connectivity index (χ2n) is 6.10. The van der Waals surface area contributed by atoms with Crippen LogP contribution in [0.2, 0.25) is 0 Å². The van der Waals surface area contributed by atoms with Crippen molar-refractivity contribution < 1.29 is 13.2 Å². The van der Waals surface area contributed by atoms with Crippen molar-refractivity contribution in [1.82, 2.24) is 0 Å². The van der Waals surface area contributed by atoms with Crippen molar-refractivity contribution >= 4 is 22.8 Å². The average molecular weight is 348 g/mol. The summed E-state index contributed by atoms with van der Waals surface area (Å²) in [4.78, 5) is 4.21. The van der Waals surface area contributed by atoms with E-state index in [0.717, 1.165) is 22.3 Å². The lowest BCUT2D eigenvalue weighted by Crippen LogP contribution is -2.41. The van der Waals surface area contributed by atoms with Crippen LogP contribution in [0, 0.1) is 0 Å². The Balaban J connectivity index is 1.75. The molecule has 0 fully saturated rings. The van der Waals surface area contributed by atoms with Crippen LogP contribution in [0.5, 0.6) is 5.75 Å². The molecule has 0 aromatic heterocycles. The van der Waals surface area contributed by atoms with Crippen molar-refractivity contribution in [2.45, 2.75) is 11.8 Å². The Bertz CT molecular complexity index is 1130. The zero-order valence-electron chi connectivity index (χ0n) is 13.0. The Morgan fingerprint density at radius 3 is 2.80 bits per heavy atom. The Labute approximate surface area is 145 Å². The summed E-state index contributed by atoms with van der Waals surface area (Å²) in [7, 11) is -2.54. The highest BCUT2D eigenvalue weighted by Gasteiger charge is 2.43. The van der Waals surface area contributed by atoms with E-state index in [2.05, 4.69) is 15.4 Å². The smallest absolute Gasteiger partial charge is 0.313 e. The molecule has 6 heteroatoms. The number of aliphatic imine (C=N–C) groups is 1. The van der Waals surface area contributed by atoms with Crippen LogP contribution >= 0.6 is 0 Å². The van der Waals surface area contributed by atoms with Gasteiger partial charge in [-0.2, -0.15) is 8.42 Å². The van der Waals surface area contributed by atoms with Gasteiger partial charge in [-0.15, -0.1) is 4.36 Å². The van der Waals surface area contributed by atoms with E-state index in [9.17, 15) is 8.42 Å². The molecule has 0 N–H and O–H groups in total. The summed E-state index contributed by atoms with van der Waals surface area (Å²) in [6.07, 6.45) is 17.0. The normalized spacial score (nSPS) is 26.6. The summed E-state index contributed by atoms with van der Waals surface area (Å²) in [5.74, 6) is 0.638. The fourth-order valence-electron chi connectivity index (χ4n) is 3.65. The van der Waals surface area contributed by atoms with Crippen LogP contribution in [0.3, 0.4) is 0 Å². The molecule has 2 heterocycles. The molecule has 25 heavy (non-hydrogen) atoms. The molecule has 1 aromatic carbocycles. The fourth-order valence-corrected chi connectivity index (χ4v) is 3.98. The van der Waals surface area contributed by atoms with E-state index in [-0.39, 0.29) is 0 Å². The molecule has 5 nitrogen and oxygen atoms in total. The predicted molar refractivity (Wildman–Crippen MR) is 95.0 cm³/mol. The lowest BCUT2D eigenvalue weighted by molar-refractivity contribution is 0.196. The van der Waals surface area contributed by atoms with Crippen LogP contribution in [0.15, 0.2) is 75.2 Å². The standard InChI is InChI=1S/C19H12N2O3S/c22-25(23)21-18-16-13(11-20-18)8-7-12-10-15-6-3-5-14-4-1-2-9-19(14,15)24-17(12)16/h1-11,18H. The quantitative estimate of drug-likeness (QED) is 0.782. The van der Waals surface area contributed by atoms with Gasteiger partial charge >= 0.3 is 10.5 Å². The molecule has 2 aliphatic heterocycles. The van der Waals surface area contributed by atoms with Gasteiger partial charge in [-0.05, 0) is 12.2 Å². The molecule has 1 aromatic rings. The number of rotatable bonds is 1. The van der Waals surface area contributed by atoms with E-state index < -0.39 is 22.3 Å². The van der Waals surface area contributed by atoms with E-state index in [0.29, 0.717) is 11.3 Å². The Kier molecular flexibility index (Phi) is 2.87. The lowest BCUT2D eigenvalue weighted by atomic mass is 9.77. The van der Waals surface area contributed by atoms with Gasteiger partial charge < -0.3 is 4.74 Å². The van der Waals surface area contributed by atoms with Gasteiger partial charge in [-0.1, -0.05) is 48.6 Å². The molecule has 2 unspecified atom stereocenters. The molecule has 0 bridgehead atoms. The van der Waals surface area contributed by atoms with Crippen molar-refractivity contribution in [3.8, 4) is 5.75 Å². The molecule has 0 saturated heterocycles. The molecular formula is C19H12N2O3S. The third-order valence-electron chi connectivity index (χ3n) is 4.76. The van der Waals surface area contributed by atoms with Crippen LogP contribution in [0.4, 0.5) is 0 Å². The number of benzene rings is 1. The minimum atomic E-state index is -2.54. The minimum Gasteiger partial charge on any atom is -0.473 e. The van der Waals surface area contributed by atoms with Crippen molar-refractivity contribution in [1.29, 1.82) is 0 Å². The topological polar surface area (TPSA) is 68.1 Å². The van der Waals surface area contributed by atoms with Crippen molar-refractivity contribution in [3.63, 3.8) is 0 Å². The lowest BCUT2D eigenvalue weighted by Gasteiger charge is -2.41. The molecule has 122 valence electrons. The number of fused-ring (bicyclic) bond motifs is 3. The van der Waals surface area contributed by atoms with Crippen LogP contribution in [0.25, 0.3) is 6.08 Å². The summed E-state index contributed by atoms with van der Waals surface area (Å²) in [6.45, 7) is 0. The van der Waals surface area contributed by atoms with Gasteiger partial charge in [-0.3, -0.25) is 4.99 Å². The fraction of sp³-hybridized carbons (Fsp3) is 0.105. The number of hydrogen-bond acceptors (Lipinski definition) is 5. The van der Waals surface area contributed by atoms with Crippen molar-refractivity contribution in [2.24, 2.45) is 9.36 Å². The molecule has 0 radical (unpaired) electrons. The summed E-state index contributed by atoms with van der Waals surface area (Å²) < 4.78 is 32.3. The van der Waals surface area contributed by atoms with Crippen LogP contribution in [-0.2, 0) is 10.5 Å². The maximum Gasteiger partial charge on any atom is 0.313 e. The SMILES string of the molecule is O=S(=O)=NC1N=Cc2ccc3c(c21)OC12C=CC=CC1=CC=CC2=C3. The monoisotopic (exact) mass is 348 g/mol. The molecule has 0 amide bonds. The molecule has 0 saturated carbocycles. The molecule has 4 aliphatic rings. The highest BCUT2D eigenvalue weighted by molar-refractivity contribution is 7.61. The summed E-state index contributed by atoms with van der Waals surface area (Å²) >= 11 is 0. The summed E-state index contributed by atoms with van der Waals surface area (Å²) in [5.41, 5.74) is 3.82. The van der Waals surface area contributed by atoms with Gasteiger partial charge in [0.25, 0.3) is 0 Å². The van der Waals surface area contributed by atoms with E-state index in [1.807, 2.05) is 54.7 Å². The Hall–Kier alpha value is -2.99. The molecule has 1 spiro atoms. The second kappa shape index (κ2) is 5.00. The number of nitrogens with zero attached hydrogens (tertiary/aromatic N) is 2. The largest absolute Gasteiger partial charge is 0.473 e. The van der Waals surface area contributed by atoms with Gasteiger partial charge in [0, 0.05) is 28.5 Å². The zero-order valence-corrected chi connectivity index (χ0v) is 13.8. The van der Waals surface area contributed by atoms with E-state index in [1.165, 1.54) is 0 Å². The van der Waals surface area contributed by atoms with Gasteiger partial charge in [0.05, 0.1) is 5.56 Å². The number of allylic oxidation sites excluding steroid dienone is 4. The predicted octanol–water partition coefficient (Wildman–Crippen LogP) is 3.32. The van der Waals surface area contributed by atoms with Gasteiger partial charge in [-0.25, -0.2) is 0 Å². The maximum atomic E-state index is 11.1. The zero-order chi connectivity index (χ0) is 17.0. The minimum absolute atomic E-state index is 0.638. The highest BCUT2D eigenvalue weighted by Crippen LogP contribution is 2.49. The van der Waals surface area contributed by atoms with Crippen LogP contribution in [0.1, 0.15) is 22.9 Å². The van der Waals surface area contributed by atoms with Gasteiger partial charge in [0.2, 0.25) is 0 Å². The second-order valence-corrected chi connectivity index (χ2v) is 6.74. The van der Waals surface area contributed by atoms with Crippen LogP contribution < -0.4 is 4.74 Å². The first-order valence-electron chi connectivity index (χ1n) is 7.84. The van der Waals surface area contributed by atoms with Crippen molar-refractivity contribution in [2.75, 3.05) is 0 Å². The third-order valence-corrected chi connectivity index (χ3v) is 5.13. The van der Waals surface area contributed by atoms with Gasteiger partial charge in [0.15, 0.2) is 11.8 Å². The summed E-state index contributed by atoms with van der Waals surface area (Å²) in [6, 6.07) is 3.88. The first kappa shape index (κ1) is 14.4. The molecule has 2 aliphatic carbocycles. The summed E-state index contributed by atoms with van der Waals surface area (Å²) in [5, 5.41) is 0. The average Bonchev–Trinajstić information content (AvgIpc) is 3.01. The van der Waals surface area contributed by atoms with E-state index in [1.54, 1.807) is 6.21 Å².